The van der Waals surface area contributed by atoms with Crippen molar-refractivity contribution in [3.8, 4) is 0 Å². The minimum atomic E-state index is -1.03. The molecule has 0 aliphatic heterocycles. The van der Waals surface area contributed by atoms with Crippen molar-refractivity contribution >= 4 is 6.09 Å². The van der Waals surface area contributed by atoms with Crippen LogP contribution in [-0.4, -0.2) is 34.5 Å². The minimum absolute atomic E-state index is 0.0359. The van der Waals surface area contributed by atoms with E-state index < -0.39 is 11.6 Å². The Bertz CT molecular complexity index is 196. The first-order valence-electron chi connectivity index (χ1n) is 5.75. The lowest BCUT2D eigenvalue weighted by molar-refractivity contribution is 0.130. The van der Waals surface area contributed by atoms with Gasteiger partial charge in [0.15, 0.2) is 0 Å². The summed E-state index contributed by atoms with van der Waals surface area (Å²) in [6, 6.07) is 0. The smallest absolute Gasteiger partial charge is 0.404 e. The van der Waals surface area contributed by atoms with Crippen LogP contribution in [0.2, 0.25) is 0 Å². The summed E-state index contributed by atoms with van der Waals surface area (Å²) in [5, 5.41) is 19.2. The van der Waals surface area contributed by atoms with Gasteiger partial charge in [0.25, 0.3) is 0 Å². The highest BCUT2D eigenvalue weighted by Crippen LogP contribution is 2.16. The number of carbonyl (C=O) groups is 1. The van der Waals surface area contributed by atoms with Gasteiger partial charge in [-0.15, -0.1) is 0 Å². The molecule has 5 heteroatoms. The van der Waals surface area contributed by atoms with Crippen LogP contribution >= 0.6 is 0 Å². The van der Waals surface area contributed by atoms with Crippen LogP contribution in [0.15, 0.2) is 0 Å². The summed E-state index contributed by atoms with van der Waals surface area (Å²) in [4.78, 5) is 9.88. The summed E-state index contributed by atoms with van der Waals surface area (Å²) in [5.41, 5.74) is 5.00. The van der Waals surface area contributed by atoms with Crippen molar-refractivity contribution in [2.45, 2.75) is 57.6 Å². The number of rotatable bonds is 2. The van der Waals surface area contributed by atoms with Gasteiger partial charge in [-0.05, 0) is 26.7 Å². The van der Waals surface area contributed by atoms with Gasteiger partial charge >= 0.3 is 6.09 Å². The third kappa shape index (κ3) is 11.3. The summed E-state index contributed by atoms with van der Waals surface area (Å²) in [6.07, 6.45) is 4.89. The minimum Gasteiger partial charge on any atom is -0.465 e. The van der Waals surface area contributed by atoms with Crippen molar-refractivity contribution in [1.82, 2.24) is 5.32 Å². The Morgan fingerprint density at radius 3 is 2.06 bits per heavy atom. The molecule has 5 N–H and O–H groups in total. The molecule has 0 spiro atoms. The molecule has 0 heterocycles. The molecule has 0 unspecified atom stereocenters. The van der Waals surface area contributed by atoms with E-state index in [1.807, 2.05) is 0 Å². The van der Waals surface area contributed by atoms with E-state index >= 15 is 0 Å². The first kappa shape index (κ1) is 15.2. The molecule has 1 rings (SSSR count). The number of hydrogen-bond acceptors (Lipinski definition) is 3. The molecule has 1 aliphatic carbocycles. The lowest BCUT2D eigenvalue weighted by Crippen LogP contribution is -2.44. The van der Waals surface area contributed by atoms with Gasteiger partial charge in [0, 0.05) is 12.1 Å². The van der Waals surface area contributed by atoms with Crippen molar-refractivity contribution in [1.29, 1.82) is 0 Å². The topological polar surface area (TPSA) is 95.6 Å². The van der Waals surface area contributed by atoms with Crippen LogP contribution in [0.25, 0.3) is 0 Å². The van der Waals surface area contributed by atoms with Gasteiger partial charge in [-0.25, -0.2) is 4.79 Å². The maximum atomic E-state index is 9.88. The molecule has 16 heavy (non-hydrogen) atoms. The molecule has 0 radical (unpaired) electrons. The van der Waals surface area contributed by atoms with Gasteiger partial charge in [-0.2, -0.15) is 0 Å². The van der Waals surface area contributed by atoms with E-state index in [0.717, 1.165) is 12.8 Å². The fourth-order valence-electron chi connectivity index (χ4n) is 1.38. The average Bonchev–Trinajstić information content (AvgIpc) is 2.16. The summed E-state index contributed by atoms with van der Waals surface area (Å²) in [7, 11) is 0. The molecule has 0 aromatic heterocycles. The van der Waals surface area contributed by atoms with Crippen molar-refractivity contribution in [2.24, 2.45) is 5.73 Å². The van der Waals surface area contributed by atoms with E-state index in [9.17, 15) is 4.79 Å². The molecule has 1 fully saturated rings. The summed E-state index contributed by atoms with van der Waals surface area (Å²) >= 11 is 0. The molecule has 0 atom stereocenters. The molecular formula is C11H24N2O3. The van der Waals surface area contributed by atoms with E-state index in [4.69, 9.17) is 15.9 Å². The van der Waals surface area contributed by atoms with E-state index in [2.05, 4.69) is 5.32 Å². The Morgan fingerprint density at radius 2 is 1.88 bits per heavy atom. The number of carboxylic acid groups (broad SMARTS) is 1. The number of nitrogens with two attached hydrogens (primary N) is 1. The van der Waals surface area contributed by atoms with Crippen molar-refractivity contribution in [3.05, 3.63) is 0 Å². The van der Waals surface area contributed by atoms with Gasteiger partial charge in [0.05, 0.1) is 6.10 Å². The zero-order valence-electron chi connectivity index (χ0n) is 10.2. The highest BCUT2D eigenvalue weighted by atomic mass is 16.4. The zero-order valence-corrected chi connectivity index (χ0v) is 10.2. The predicted octanol–water partition coefficient (Wildman–Crippen LogP) is 1.30. The normalized spacial score (nSPS) is 17.2. The molecule has 96 valence electrons. The average molecular weight is 232 g/mol. The van der Waals surface area contributed by atoms with Crippen molar-refractivity contribution in [2.75, 3.05) is 6.54 Å². The van der Waals surface area contributed by atoms with E-state index in [1.54, 1.807) is 13.8 Å². The van der Waals surface area contributed by atoms with E-state index in [-0.39, 0.29) is 12.6 Å². The van der Waals surface area contributed by atoms with Gasteiger partial charge in [-0.1, -0.05) is 19.3 Å². The van der Waals surface area contributed by atoms with Crippen LogP contribution in [-0.2, 0) is 0 Å². The van der Waals surface area contributed by atoms with Crippen LogP contribution in [0, 0.1) is 0 Å². The van der Waals surface area contributed by atoms with Gasteiger partial charge in [0.1, 0.15) is 0 Å². The highest BCUT2D eigenvalue weighted by Gasteiger charge is 2.10. The number of aliphatic hydroxyl groups is 1. The Balaban J connectivity index is 0.000000288. The molecule has 5 nitrogen and oxygen atoms in total. The van der Waals surface area contributed by atoms with Crippen LogP contribution in [0.3, 0.4) is 0 Å². The molecular weight excluding hydrogens is 208 g/mol. The highest BCUT2D eigenvalue weighted by molar-refractivity contribution is 5.64. The van der Waals surface area contributed by atoms with Gasteiger partial charge in [-0.3, -0.25) is 0 Å². The fraction of sp³-hybridized carbons (Fsp3) is 0.909. The number of nitrogens with one attached hydrogen (secondary N) is 1. The van der Waals surface area contributed by atoms with E-state index in [1.165, 1.54) is 19.3 Å². The fourth-order valence-corrected chi connectivity index (χ4v) is 1.38. The third-order valence-corrected chi connectivity index (χ3v) is 2.27. The SMILES string of the molecule is CC(C)(N)CNC(=O)O.OC1CCCCC1. The Hall–Kier alpha value is -0.810. The third-order valence-electron chi connectivity index (χ3n) is 2.27. The molecule has 0 saturated heterocycles. The predicted molar refractivity (Wildman–Crippen MR) is 63.4 cm³/mol. The van der Waals surface area contributed by atoms with Crippen molar-refractivity contribution in [3.63, 3.8) is 0 Å². The monoisotopic (exact) mass is 232 g/mol. The maximum absolute atomic E-state index is 9.88. The van der Waals surface area contributed by atoms with Crippen molar-refractivity contribution < 1.29 is 15.0 Å². The first-order chi connectivity index (χ1) is 7.31. The molecule has 0 bridgehead atoms. The summed E-state index contributed by atoms with van der Waals surface area (Å²) in [6.45, 7) is 3.79. The Kier molecular flexibility index (Phi) is 7.08. The lowest BCUT2D eigenvalue weighted by atomic mass is 9.98. The first-order valence-corrected chi connectivity index (χ1v) is 5.75. The molecule has 1 saturated carbocycles. The largest absolute Gasteiger partial charge is 0.465 e. The Labute approximate surface area is 97.0 Å². The number of amides is 1. The van der Waals surface area contributed by atoms with Crippen LogP contribution < -0.4 is 11.1 Å². The second-order valence-corrected chi connectivity index (χ2v) is 4.94. The Morgan fingerprint density at radius 1 is 1.38 bits per heavy atom. The quantitative estimate of drug-likeness (QED) is 0.577. The summed E-state index contributed by atoms with van der Waals surface area (Å²) < 4.78 is 0. The molecule has 1 aliphatic rings. The van der Waals surface area contributed by atoms with Crippen LogP contribution in [0.5, 0.6) is 0 Å². The van der Waals surface area contributed by atoms with Gasteiger partial charge in [0.2, 0.25) is 0 Å². The maximum Gasteiger partial charge on any atom is 0.404 e. The standard InChI is InChI=1S/C6H12O.C5H12N2O2/c7-6-4-2-1-3-5-6;1-5(2,6)3-7-4(8)9/h6-7H,1-5H2;7H,3,6H2,1-2H3,(H,8,9). The molecule has 1 amide bonds. The molecule has 0 aromatic carbocycles. The van der Waals surface area contributed by atoms with Crippen LogP contribution in [0.4, 0.5) is 4.79 Å². The zero-order chi connectivity index (χ0) is 12.6. The number of hydrogen-bond donors (Lipinski definition) is 4. The lowest BCUT2D eigenvalue weighted by Gasteiger charge is -2.16. The summed E-state index contributed by atoms with van der Waals surface area (Å²) in [5.74, 6) is 0. The van der Waals surface area contributed by atoms with E-state index in [0.29, 0.717) is 0 Å². The molecule has 0 aromatic rings. The van der Waals surface area contributed by atoms with Gasteiger partial charge < -0.3 is 21.3 Å². The van der Waals surface area contributed by atoms with Crippen LogP contribution in [0.1, 0.15) is 46.0 Å². The number of aliphatic hydroxyl groups excluding tert-OH is 1. The second-order valence-electron chi connectivity index (χ2n) is 4.94. The second kappa shape index (κ2) is 7.46.